The third kappa shape index (κ3) is 5.89. The lowest BCUT2D eigenvalue weighted by Crippen LogP contribution is -2.33. The molecule has 0 saturated carbocycles. The molecular formula is C25H23N3O4. The summed E-state index contributed by atoms with van der Waals surface area (Å²) in [5.74, 6) is -1.97. The van der Waals surface area contributed by atoms with Crippen LogP contribution >= 0.6 is 0 Å². The van der Waals surface area contributed by atoms with Crippen LogP contribution in [0, 0.1) is 13.8 Å². The molecule has 0 spiro atoms. The minimum Gasteiger partial charge on any atom is -0.422 e. The van der Waals surface area contributed by atoms with Crippen LogP contribution in [0.4, 0.5) is 5.69 Å². The molecule has 0 aliphatic carbocycles. The first-order valence-corrected chi connectivity index (χ1v) is 9.94. The van der Waals surface area contributed by atoms with Crippen LogP contribution in [0.3, 0.4) is 0 Å². The highest BCUT2D eigenvalue weighted by atomic mass is 16.5. The van der Waals surface area contributed by atoms with Gasteiger partial charge in [0, 0.05) is 11.3 Å². The van der Waals surface area contributed by atoms with Crippen LogP contribution in [-0.4, -0.2) is 23.5 Å². The fourth-order valence-electron chi connectivity index (χ4n) is 2.86. The fourth-order valence-corrected chi connectivity index (χ4v) is 2.86. The molecule has 7 heteroatoms. The second-order valence-corrected chi connectivity index (χ2v) is 7.21. The van der Waals surface area contributed by atoms with Gasteiger partial charge in [0.25, 0.3) is 0 Å². The van der Waals surface area contributed by atoms with Crippen LogP contribution in [-0.2, 0) is 9.59 Å². The second kappa shape index (κ2) is 10.2. The Hall–Kier alpha value is -4.26. The van der Waals surface area contributed by atoms with Crippen molar-refractivity contribution in [3.05, 3.63) is 95.1 Å². The van der Waals surface area contributed by atoms with Gasteiger partial charge in [-0.05, 0) is 57.2 Å². The third-order valence-corrected chi connectivity index (χ3v) is 4.57. The van der Waals surface area contributed by atoms with Crippen molar-refractivity contribution < 1.29 is 19.1 Å². The van der Waals surface area contributed by atoms with Crippen LogP contribution in [0.2, 0.25) is 0 Å². The highest BCUT2D eigenvalue weighted by Crippen LogP contribution is 2.20. The highest BCUT2D eigenvalue weighted by Gasteiger charge is 2.16. The summed E-state index contributed by atoms with van der Waals surface area (Å²) in [6, 6.07) is 20.9. The molecule has 32 heavy (non-hydrogen) atoms. The number of rotatable bonds is 5. The summed E-state index contributed by atoms with van der Waals surface area (Å²) in [4.78, 5) is 36.7. The van der Waals surface area contributed by atoms with Gasteiger partial charge in [0.2, 0.25) is 0 Å². The Balaban J connectivity index is 1.68. The monoisotopic (exact) mass is 429 g/mol. The number of hydrogen-bond donors (Lipinski definition) is 2. The van der Waals surface area contributed by atoms with E-state index in [0.717, 1.165) is 11.1 Å². The molecule has 0 atom stereocenters. The smallest absolute Gasteiger partial charge is 0.343 e. The van der Waals surface area contributed by atoms with Crippen molar-refractivity contribution in [2.75, 3.05) is 5.32 Å². The van der Waals surface area contributed by atoms with E-state index in [0.29, 0.717) is 28.3 Å². The summed E-state index contributed by atoms with van der Waals surface area (Å²) in [5, 5.41) is 6.49. The quantitative estimate of drug-likeness (QED) is 0.211. The van der Waals surface area contributed by atoms with Gasteiger partial charge in [-0.25, -0.2) is 10.2 Å². The Morgan fingerprint density at radius 3 is 2.25 bits per heavy atom. The van der Waals surface area contributed by atoms with E-state index in [4.69, 9.17) is 4.74 Å². The van der Waals surface area contributed by atoms with Crippen LogP contribution < -0.4 is 15.5 Å². The first-order chi connectivity index (χ1) is 15.3. The number of hydrogen-bond acceptors (Lipinski definition) is 5. The minimum atomic E-state index is -0.917. The number of nitrogens with zero attached hydrogens (tertiary/aromatic N) is 1. The molecular weight excluding hydrogens is 406 g/mol. The van der Waals surface area contributed by atoms with Crippen molar-refractivity contribution in [2.45, 2.75) is 20.8 Å². The number of carbonyl (C=O) groups excluding carboxylic acids is 3. The summed E-state index contributed by atoms with van der Waals surface area (Å²) in [6.07, 6.45) is 0. The van der Waals surface area contributed by atoms with Gasteiger partial charge in [-0.3, -0.25) is 9.59 Å². The van der Waals surface area contributed by atoms with Crippen LogP contribution in [0.5, 0.6) is 5.75 Å². The molecule has 0 saturated heterocycles. The maximum Gasteiger partial charge on any atom is 0.343 e. The predicted molar refractivity (Wildman–Crippen MR) is 123 cm³/mol. The minimum absolute atomic E-state index is 0.290. The maximum atomic E-state index is 12.5. The fraction of sp³-hybridized carbons (Fsp3) is 0.120. The normalized spacial score (nSPS) is 10.9. The first kappa shape index (κ1) is 22.4. The zero-order valence-corrected chi connectivity index (χ0v) is 18.0. The van der Waals surface area contributed by atoms with E-state index in [-0.39, 0.29) is 0 Å². The Bertz CT molecular complexity index is 1180. The average Bonchev–Trinajstić information content (AvgIpc) is 2.79. The predicted octanol–water partition coefficient (Wildman–Crippen LogP) is 4.00. The number of hydrazone groups is 1. The van der Waals surface area contributed by atoms with Crippen LogP contribution in [0.25, 0.3) is 0 Å². The molecule has 0 heterocycles. The standard InChI is InChI=1S/C25H23N3O4/c1-16-11-13-20(14-12-16)26-23(29)24(30)28-27-18(3)21-9-4-5-10-22(21)32-25(31)19-8-6-7-17(2)15-19/h4-15H,1-3H3,(H,26,29)(H,28,30). The molecule has 0 aliphatic rings. The molecule has 2 amide bonds. The number of anilines is 1. The van der Waals surface area contributed by atoms with E-state index in [1.807, 2.05) is 32.0 Å². The Labute approximate surface area is 186 Å². The van der Waals surface area contributed by atoms with E-state index >= 15 is 0 Å². The van der Waals surface area contributed by atoms with Gasteiger partial charge in [-0.1, -0.05) is 47.5 Å². The highest BCUT2D eigenvalue weighted by molar-refractivity contribution is 6.39. The van der Waals surface area contributed by atoms with Crippen LogP contribution in [0.1, 0.15) is 34.0 Å². The van der Waals surface area contributed by atoms with Crippen molar-refractivity contribution >= 4 is 29.2 Å². The van der Waals surface area contributed by atoms with Gasteiger partial charge >= 0.3 is 17.8 Å². The molecule has 2 N–H and O–H groups in total. The number of benzene rings is 3. The summed E-state index contributed by atoms with van der Waals surface area (Å²) in [5.41, 5.74) is 6.01. The molecule has 3 aromatic rings. The lowest BCUT2D eigenvalue weighted by Gasteiger charge is -2.10. The lowest BCUT2D eigenvalue weighted by atomic mass is 10.1. The van der Waals surface area contributed by atoms with Crippen molar-refractivity contribution in [3.63, 3.8) is 0 Å². The van der Waals surface area contributed by atoms with E-state index < -0.39 is 17.8 Å². The zero-order valence-electron chi connectivity index (χ0n) is 18.0. The van der Waals surface area contributed by atoms with Crippen molar-refractivity contribution in [1.82, 2.24) is 5.43 Å². The maximum absolute atomic E-state index is 12.5. The van der Waals surface area contributed by atoms with Gasteiger partial charge in [0.05, 0.1) is 11.3 Å². The van der Waals surface area contributed by atoms with Crippen molar-refractivity contribution in [1.29, 1.82) is 0 Å². The van der Waals surface area contributed by atoms with E-state index in [1.54, 1.807) is 61.5 Å². The molecule has 162 valence electrons. The second-order valence-electron chi connectivity index (χ2n) is 7.21. The molecule has 0 radical (unpaired) electrons. The van der Waals surface area contributed by atoms with E-state index in [9.17, 15) is 14.4 Å². The number of esters is 1. The number of amides is 2. The molecule has 0 aliphatic heterocycles. The van der Waals surface area contributed by atoms with Gasteiger partial charge < -0.3 is 10.1 Å². The Kier molecular flexibility index (Phi) is 7.13. The lowest BCUT2D eigenvalue weighted by molar-refractivity contribution is -0.136. The molecule has 7 nitrogen and oxygen atoms in total. The molecule has 0 fully saturated rings. The van der Waals surface area contributed by atoms with Crippen molar-refractivity contribution in [3.8, 4) is 5.75 Å². The van der Waals surface area contributed by atoms with Gasteiger partial charge in [-0.15, -0.1) is 0 Å². The average molecular weight is 429 g/mol. The molecule has 0 aromatic heterocycles. The topological polar surface area (TPSA) is 96.9 Å². The Morgan fingerprint density at radius 2 is 1.53 bits per heavy atom. The van der Waals surface area contributed by atoms with Gasteiger partial charge in [-0.2, -0.15) is 5.10 Å². The van der Waals surface area contributed by atoms with Crippen molar-refractivity contribution in [2.24, 2.45) is 5.10 Å². The number of carbonyl (C=O) groups is 3. The van der Waals surface area contributed by atoms with E-state index in [2.05, 4.69) is 15.8 Å². The number of nitrogens with one attached hydrogen (secondary N) is 2. The van der Waals surface area contributed by atoms with E-state index in [1.165, 1.54) is 0 Å². The number of para-hydroxylation sites is 1. The molecule has 3 aromatic carbocycles. The SMILES string of the molecule is CC(=NNC(=O)C(=O)Nc1ccc(C)cc1)c1ccccc1OC(=O)c1cccc(C)c1. The Morgan fingerprint density at radius 1 is 0.812 bits per heavy atom. The summed E-state index contributed by atoms with van der Waals surface area (Å²) in [6.45, 7) is 5.45. The number of aryl methyl sites for hydroxylation is 2. The first-order valence-electron chi connectivity index (χ1n) is 9.94. The third-order valence-electron chi connectivity index (χ3n) is 4.57. The van der Waals surface area contributed by atoms with Gasteiger partial charge in [0.1, 0.15) is 5.75 Å². The summed E-state index contributed by atoms with van der Waals surface area (Å²) < 4.78 is 5.54. The molecule has 0 unspecified atom stereocenters. The summed E-state index contributed by atoms with van der Waals surface area (Å²) >= 11 is 0. The van der Waals surface area contributed by atoms with Gasteiger partial charge in [0.15, 0.2) is 0 Å². The van der Waals surface area contributed by atoms with Crippen LogP contribution in [0.15, 0.2) is 77.9 Å². The molecule has 0 bridgehead atoms. The summed E-state index contributed by atoms with van der Waals surface area (Å²) in [7, 11) is 0. The molecule has 3 rings (SSSR count). The zero-order chi connectivity index (χ0) is 23.1. The largest absolute Gasteiger partial charge is 0.422 e. The number of ether oxygens (including phenoxy) is 1.